The second kappa shape index (κ2) is 7.78. The zero-order chi connectivity index (χ0) is 14.3. The quantitative estimate of drug-likeness (QED) is 0.653. The monoisotopic (exact) mass is 268 g/mol. The minimum Gasteiger partial charge on any atom is -0.395 e. The third-order valence-electron chi connectivity index (χ3n) is 2.97. The van der Waals surface area contributed by atoms with Crippen molar-refractivity contribution in [3.8, 4) is 0 Å². The number of aromatic nitrogens is 2. The number of aliphatic hydroxyl groups excluding tert-OH is 1. The fraction of sp³-hybridized carbons (Fsp3) is 0.692. The summed E-state index contributed by atoms with van der Waals surface area (Å²) in [6.07, 6.45) is 4.59. The van der Waals surface area contributed by atoms with E-state index >= 15 is 0 Å². The van der Waals surface area contributed by atoms with Crippen LogP contribution in [0.2, 0.25) is 0 Å². The normalized spacial score (nSPS) is 12.5. The van der Waals surface area contributed by atoms with Crippen molar-refractivity contribution >= 4 is 11.6 Å². The third-order valence-corrected chi connectivity index (χ3v) is 2.97. The number of rotatable bonds is 8. The Bertz CT molecular complexity index is 390. The van der Waals surface area contributed by atoms with Crippen molar-refractivity contribution in [1.29, 1.82) is 0 Å². The maximum absolute atomic E-state index is 11.5. The fourth-order valence-electron chi connectivity index (χ4n) is 1.88. The van der Waals surface area contributed by atoms with Gasteiger partial charge in [-0.1, -0.05) is 20.8 Å². The molecule has 6 heteroatoms. The smallest absolute Gasteiger partial charge is 0.241 e. The summed E-state index contributed by atoms with van der Waals surface area (Å²) in [7, 11) is 0. The summed E-state index contributed by atoms with van der Waals surface area (Å²) >= 11 is 0. The first-order valence-electron chi connectivity index (χ1n) is 6.73. The second-order valence-corrected chi connectivity index (χ2v) is 4.90. The molecule has 19 heavy (non-hydrogen) atoms. The lowest BCUT2D eigenvalue weighted by Crippen LogP contribution is -2.30. The molecule has 0 saturated carbocycles. The lowest BCUT2D eigenvalue weighted by atomic mass is 10.0. The Balaban J connectivity index is 2.50. The van der Waals surface area contributed by atoms with Crippen LogP contribution in [0.15, 0.2) is 12.4 Å². The van der Waals surface area contributed by atoms with Gasteiger partial charge in [0.15, 0.2) is 0 Å². The summed E-state index contributed by atoms with van der Waals surface area (Å²) in [6, 6.07) is 0.404. The van der Waals surface area contributed by atoms with Gasteiger partial charge < -0.3 is 15.7 Å². The minimum atomic E-state index is -0.153. The van der Waals surface area contributed by atoms with E-state index in [1.807, 2.05) is 6.20 Å². The molecule has 0 spiro atoms. The number of amides is 1. The number of nitrogens with one attached hydrogen (secondary N) is 2. The standard InChI is InChI=1S/C13H24N4O2/c1-4-12(10(2)3)16-11-7-15-17(8-11)9-13(19)14-5-6-18/h7-8,10,12,16,18H,4-6,9H2,1-3H3,(H,14,19). The number of hydrogen-bond donors (Lipinski definition) is 3. The van der Waals surface area contributed by atoms with Crippen molar-refractivity contribution in [3.05, 3.63) is 12.4 Å². The van der Waals surface area contributed by atoms with Gasteiger partial charge >= 0.3 is 0 Å². The molecule has 1 atom stereocenters. The summed E-state index contributed by atoms with van der Waals surface area (Å²) < 4.78 is 1.59. The van der Waals surface area contributed by atoms with Crippen molar-refractivity contribution < 1.29 is 9.90 Å². The lowest BCUT2D eigenvalue weighted by molar-refractivity contribution is -0.122. The summed E-state index contributed by atoms with van der Waals surface area (Å²) in [5.41, 5.74) is 0.926. The molecule has 1 unspecified atom stereocenters. The van der Waals surface area contributed by atoms with Crippen molar-refractivity contribution in [2.75, 3.05) is 18.5 Å². The van der Waals surface area contributed by atoms with Crippen molar-refractivity contribution in [1.82, 2.24) is 15.1 Å². The average molecular weight is 268 g/mol. The van der Waals surface area contributed by atoms with E-state index in [0.717, 1.165) is 12.1 Å². The van der Waals surface area contributed by atoms with Crippen LogP contribution < -0.4 is 10.6 Å². The van der Waals surface area contributed by atoms with Gasteiger partial charge in [0.25, 0.3) is 0 Å². The molecule has 6 nitrogen and oxygen atoms in total. The van der Waals surface area contributed by atoms with Gasteiger partial charge in [0.2, 0.25) is 5.91 Å². The molecule has 3 N–H and O–H groups in total. The van der Waals surface area contributed by atoms with E-state index in [1.165, 1.54) is 0 Å². The van der Waals surface area contributed by atoms with E-state index in [0.29, 0.717) is 12.0 Å². The topological polar surface area (TPSA) is 79.2 Å². The second-order valence-electron chi connectivity index (χ2n) is 4.90. The van der Waals surface area contributed by atoms with Gasteiger partial charge in [0.05, 0.1) is 18.5 Å². The van der Waals surface area contributed by atoms with Gasteiger partial charge in [-0.2, -0.15) is 5.10 Å². The molecule has 0 fully saturated rings. The zero-order valence-electron chi connectivity index (χ0n) is 11.9. The molecule has 108 valence electrons. The van der Waals surface area contributed by atoms with Gasteiger partial charge in [-0.25, -0.2) is 0 Å². The molecule has 1 rings (SSSR count). The van der Waals surface area contributed by atoms with Gasteiger partial charge in [-0.15, -0.1) is 0 Å². The summed E-state index contributed by atoms with van der Waals surface area (Å²) in [6.45, 7) is 6.88. The SMILES string of the molecule is CCC(Nc1cnn(CC(=O)NCCO)c1)C(C)C. The van der Waals surface area contributed by atoms with Crippen LogP contribution in [0.25, 0.3) is 0 Å². The Hall–Kier alpha value is -1.56. The van der Waals surface area contributed by atoms with E-state index < -0.39 is 0 Å². The Labute approximate surface area is 114 Å². The molecule has 1 aromatic rings. The van der Waals surface area contributed by atoms with Gasteiger partial charge in [-0.05, 0) is 12.3 Å². The average Bonchev–Trinajstić information content (AvgIpc) is 2.80. The Morgan fingerprint density at radius 3 is 2.84 bits per heavy atom. The predicted molar refractivity (Wildman–Crippen MR) is 74.9 cm³/mol. The molecule has 1 heterocycles. The Morgan fingerprint density at radius 1 is 1.53 bits per heavy atom. The van der Waals surface area contributed by atoms with Crippen LogP contribution in [0.1, 0.15) is 27.2 Å². The largest absolute Gasteiger partial charge is 0.395 e. The van der Waals surface area contributed by atoms with E-state index in [1.54, 1.807) is 10.9 Å². The van der Waals surface area contributed by atoms with Crippen LogP contribution in [-0.2, 0) is 11.3 Å². The highest BCUT2D eigenvalue weighted by molar-refractivity contribution is 5.75. The molecule has 0 aliphatic rings. The number of anilines is 1. The fourth-order valence-corrected chi connectivity index (χ4v) is 1.88. The van der Waals surface area contributed by atoms with Crippen LogP contribution >= 0.6 is 0 Å². The van der Waals surface area contributed by atoms with Crippen LogP contribution in [0, 0.1) is 5.92 Å². The molecule has 0 aliphatic carbocycles. The van der Waals surface area contributed by atoms with E-state index in [4.69, 9.17) is 5.11 Å². The molecular formula is C13H24N4O2. The third kappa shape index (κ3) is 5.30. The molecule has 0 aliphatic heterocycles. The van der Waals surface area contributed by atoms with Gasteiger partial charge in [0, 0.05) is 18.8 Å². The summed E-state index contributed by atoms with van der Waals surface area (Å²) in [4.78, 5) is 11.5. The highest BCUT2D eigenvalue weighted by Gasteiger charge is 2.12. The maximum atomic E-state index is 11.5. The first-order valence-corrected chi connectivity index (χ1v) is 6.73. The van der Waals surface area contributed by atoms with Crippen molar-refractivity contribution in [2.45, 2.75) is 39.8 Å². The molecule has 1 amide bonds. The van der Waals surface area contributed by atoms with Crippen LogP contribution in [0.5, 0.6) is 0 Å². The van der Waals surface area contributed by atoms with Crippen molar-refractivity contribution in [3.63, 3.8) is 0 Å². The lowest BCUT2D eigenvalue weighted by Gasteiger charge is -2.20. The number of aliphatic hydroxyl groups is 1. The maximum Gasteiger partial charge on any atom is 0.241 e. The van der Waals surface area contributed by atoms with Crippen molar-refractivity contribution in [2.24, 2.45) is 5.92 Å². The first-order chi connectivity index (χ1) is 9.06. The zero-order valence-corrected chi connectivity index (χ0v) is 11.9. The van der Waals surface area contributed by atoms with Crippen LogP contribution in [0.3, 0.4) is 0 Å². The molecule has 0 bridgehead atoms. The predicted octanol–water partition coefficient (Wildman–Crippen LogP) is 0.838. The van der Waals surface area contributed by atoms with Gasteiger partial charge in [0.1, 0.15) is 6.54 Å². The summed E-state index contributed by atoms with van der Waals surface area (Å²) in [5.74, 6) is 0.390. The first kappa shape index (κ1) is 15.5. The van der Waals surface area contributed by atoms with E-state index in [-0.39, 0.29) is 25.6 Å². The van der Waals surface area contributed by atoms with E-state index in [9.17, 15) is 4.79 Å². The molecular weight excluding hydrogens is 244 g/mol. The molecule has 0 saturated heterocycles. The van der Waals surface area contributed by atoms with Crippen LogP contribution in [0.4, 0.5) is 5.69 Å². The number of nitrogens with zero attached hydrogens (tertiary/aromatic N) is 2. The Kier molecular flexibility index (Phi) is 6.35. The van der Waals surface area contributed by atoms with Crippen LogP contribution in [-0.4, -0.2) is 40.0 Å². The molecule has 0 aromatic carbocycles. The number of carbonyl (C=O) groups excluding carboxylic acids is 1. The highest BCUT2D eigenvalue weighted by atomic mass is 16.3. The molecule has 1 aromatic heterocycles. The van der Waals surface area contributed by atoms with Gasteiger partial charge in [-0.3, -0.25) is 9.48 Å². The Morgan fingerprint density at radius 2 is 2.26 bits per heavy atom. The number of carbonyl (C=O) groups is 1. The minimum absolute atomic E-state index is 0.0514. The van der Waals surface area contributed by atoms with E-state index in [2.05, 4.69) is 36.5 Å². The summed E-state index contributed by atoms with van der Waals surface area (Å²) in [5, 5.41) is 18.8. The number of hydrogen-bond acceptors (Lipinski definition) is 4. The highest BCUT2D eigenvalue weighted by Crippen LogP contribution is 2.14. The molecule has 0 radical (unpaired) electrons.